The normalized spacial score (nSPS) is 13.8. The SMILES string of the molecule is CCCCCCCC/C=C/CCCCCCCC(=O)O[C@H](COC(=O)CCCC/C=C/CCCCCCCCCCC)COP(=O)(O)OCC[N+](C)(C)C. The number of rotatable bonds is 40. The minimum absolute atomic E-state index is 0.0284. The highest BCUT2D eigenvalue weighted by Crippen LogP contribution is 2.43. The molecule has 0 bridgehead atoms. The average molecular weight is 787 g/mol. The quantitative estimate of drug-likeness (QED) is 0.0215. The zero-order valence-corrected chi connectivity index (χ0v) is 36.6. The average Bonchev–Trinajstić information content (AvgIpc) is 3.12. The topological polar surface area (TPSA) is 108 Å². The lowest BCUT2D eigenvalue weighted by Crippen LogP contribution is -2.37. The van der Waals surface area contributed by atoms with Crippen molar-refractivity contribution in [3.8, 4) is 0 Å². The van der Waals surface area contributed by atoms with Crippen LogP contribution in [0.4, 0.5) is 0 Å². The number of carbonyl (C=O) groups is 2. The van der Waals surface area contributed by atoms with Crippen molar-refractivity contribution < 1.29 is 42.1 Å². The summed E-state index contributed by atoms with van der Waals surface area (Å²) in [4.78, 5) is 35.3. The van der Waals surface area contributed by atoms with Gasteiger partial charge < -0.3 is 18.9 Å². The summed E-state index contributed by atoms with van der Waals surface area (Å²) in [5, 5.41) is 0. The van der Waals surface area contributed by atoms with E-state index in [2.05, 4.69) is 38.2 Å². The van der Waals surface area contributed by atoms with Gasteiger partial charge >= 0.3 is 19.8 Å². The highest BCUT2D eigenvalue weighted by atomic mass is 31.2. The van der Waals surface area contributed by atoms with E-state index in [-0.39, 0.29) is 26.1 Å². The molecule has 0 saturated carbocycles. The van der Waals surface area contributed by atoms with Crippen LogP contribution in [0.1, 0.15) is 194 Å². The summed E-state index contributed by atoms with van der Waals surface area (Å²) in [6.45, 7) is 4.39. The number of hydrogen-bond donors (Lipinski definition) is 1. The molecule has 0 spiro atoms. The number of phosphoric acid groups is 1. The second kappa shape index (κ2) is 37.1. The zero-order chi connectivity index (χ0) is 40.0. The molecule has 54 heavy (non-hydrogen) atoms. The Hall–Kier alpha value is -1.51. The van der Waals surface area contributed by atoms with Gasteiger partial charge in [-0.05, 0) is 64.2 Å². The van der Waals surface area contributed by atoms with Crippen molar-refractivity contribution in [1.29, 1.82) is 0 Å². The summed E-state index contributed by atoms with van der Waals surface area (Å²) in [5.74, 6) is -0.830. The third kappa shape index (κ3) is 40.2. The lowest BCUT2D eigenvalue weighted by molar-refractivity contribution is -0.870. The Bertz CT molecular complexity index is 980. The van der Waals surface area contributed by atoms with Crippen LogP contribution in [0.2, 0.25) is 0 Å². The molecule has 318 valence electrons. The van der Waals surface area contributed by atoms with E-state index in [1.54, 1.807) is 0 Å². The third-order valence-corrected chi connectivity index (χ3v) is 10.4. The summed E-state index contributed by atoms with van der Waals surface area (Å²) >= 11 is 0. The Balaban J connectivity index is 4.39. The van der Waals surface area contributed by atoms with Crippen molar-refractivity contribution in [2.75, 3.05) is 47.5 Å². The molecule has 10 heteroatoms. The van der Waals surface area contributed by atoms with Gasteiger partial charge in [0.2, 0.25) is 0 Å². The van der Waals surface area contributed by atoms with Crippen LogP contribution in [0.3, 0.4) is 0 Å². The minimum Gasteiger partial charge on any atom is -0.462 e. The number of ether oxygens (including phenoxy) is 2. The summed E-state index contributed by atoms with van der Waals surface area (Å²) in [5.41, 5.74) is 0. The number of unbranched alkanes of at least 4 members (excludes halogenated alkanes) is 22. The number of nitrogens with zero attached hydrogens (tertiary/aromatic N) is 1. The van der Waals surface area contributed by atoms with Crippen molar-refractivity contribution in [3.63, 3.8) is 0 Å². The highest BCUT2D eigenvalue weighted by molar-refractivity contribution is 7.47. The fourth-order valence-corrected chi connectivity index (χ4v) is 6.69. The van der Waals surface area contributed by atoms with Gasteiger partial charge in [0.1, 0.15) is 19.8 Å². The van der Waals surface area contributed by atoms with E-state index in [1.807, 2.05) is 21.1 Å². The Morgan fingerprint density at radius 2 is 0.944 bits per heavy atom. The monoisotopic (exact) mass is 787 g/mol. The van der Waals surface area contributed by atoms with Crippen molar-refractivity contribution in [2.24, 2.45) is 0 Å². The lowest BCUT2D eigenvalue weighted by atomic mass is 10.1. The maximum atomic E-state index is 12.7. The van der Waals surface area contributed by atoms with Gasteiger partial charge in [0.25, 0.3) is 0 Å². The van der Waals surface area contributed by atoms with Gasteiger partial charge in [-0.2, -0.15) is 0 Å². The molecule has 2 atom stereocenters. The molecule has 0 aromatic heterocycles. The molecule has 0 heterocycles. The van der Waals surface area contributed by atoms with Gasteiger partial charge in [-0.3, -0.25) is 18.6 Å². The van der Waals surface area contributed by atoms with Crippen molar-refractivity contribution in [3.05, 3.63) is 24.3 Å². The molecule has 0 fully saturated rings. The Labute approximate surface area is 332 Å². The van der Waals surface area contributed by atoms with Gasteiger partial charge in [0.05, 0.1) is 27.7 Å². The van der Waals surface area contributed by atoms with E-state index in [4.69, 9.17) is 18.5 Å². The standard InChI is InChI=1S/C44H84NO8P/c1-6-8-10-12-14-16-18-20-22-24-26-28-30-32-34-36-43(46)50-40-42(41-52-54(48,49)51-39-38-45(3,4)5)53-44(47)37-35-33-31-29-27-25-23-21-19-17-15-13-11-9-7-2/h21,23,26,28,42H,6-20,22,24-25,27,29-41H2,1-5H3/p+1/b23-21+,28-26+/t42-/m1/s1. The molecule has 0 aromatic carbocycles. The van der Waals surface area contributed by atoms with Gasteiger partial charge in [-0.25, -0.2) is 4.57 Å². The van der Waals surface area contributed by atoms with Crippen LogP contribution < -0.4 is 0 Å². The minimum atomic E-state index is -4.38. The number of hydrogen-bond acceptors (Lipinski definition) is 7. The summed E-state index contributed by atoms with van der Waals surface area (Å²) in [6.07, 6.45) is 39.4. The molecule has 0 saturated heterocycles. The van der Waals surface area contributed by atoms with Gasteiger partial charge in [-0.15, -0.1) is 0 Å². The summed E-state index contributed by atoms with van der Waals surface area (Å²) in [6, 6.07) is 0. The third-order valence-electron chi connectivity index (χ3n) is 9.45. The molecule has 0 amide bonds. The number of likely N-dealkylation sites (N-methyl/N-ethyl adjacent to an activating group) is 1. The number of esters is 2. The molecule has 0 aliphatic carbocycles. The maximum absolute atomic E-state index is 12.7. The van der Waals surface area contributed by atoms with E-state index in [1.165, 1.54) is 103 Å². The summed E-state index contributed by atoms with van der Waals surface area (Å²) < 4.78 is 34.3. The van der Waals surface area contributed by atoms with Crippen molar-refractivity contribution >= 4 is 19.8 Å². The molecule has 0 aliphatic heterocycles. The summed E-state index contributed by atoms with van der Waals surface area (Å²) in [7, 11) is 1.46. The van der Waals surface area contributed by atoms with E-state index >= 15 is 0 Å². The first-order chi connectivity index (χ1) is 26.0. The Morgan fingerprint density at radius 3 is 1.41 bits per heavy atom. The first-order valence-electron chi connectivity index (χ1n) is 22.1. The Kier molecular flexibility index (Phi) is 36.1. The Morgan fingerprint density at radius 1 is 0.556 bits per heavy atom. The maximum Gasteiger partial charge on any atom is 0.472 e. The number of carbonyl (C=O) groups excluding carboxylic acids is 2. The number of allylic oxidation sites excluding steroid dienone is 4. The molecular weight excluding hydrogens is 701 g/mol. The predicted octanol–water partition coefficient (Wildman–Crippen LogP) is 12.4. The molecule has 1 unspecified atom stereocenters. The lowest BCUT2D eigenvalue weighted by Gasteiger charge is -2.24. The molecular formula is C44H85NO8P+. The van der Waals surface area contributed by atoms with Crippen LogP contribution in [0.15, 0.2) is 24.3 Å². The fraction of sp³-hybridized carbons (Fsp3) is 0.864. The van der Waals surface area contributed by atoms with E-state index in [9.17, 15) is 19.0 Å². The van der Waals surface area contributed by atoms with E-state index in [0.717, 1.165) is 51.4 Å². The van der Waals surface area contributed by atoms with Gasteiger partial charge in [-0.1, -0.05) is 141 Å². The van der Waals surface area contributed by atoms with Crippen LogP contribution >= 0.6 is 7.82 Å². The second-order valence-corrected chi connectivity index (χ2v) is 17.5. The van der Waals surface area contributed by atoms with Gasteiger partial charge in [0.15, 0.2) is 6.10 Å². The van der Waals surface area contributed by atoms with Crippen molar-refractivity contribution in [2.45, 2.75) is 200 Å². The van der Waals surface area contributed by atoms with Crippen LogP contribution in [0.5, 0.6) is 0 Å². The second-order valence-electron chi connectivity index (χ2n) is 16.1. The van der Waals surface area contributed by atoms with Crippen LogP contribution in [0, 0.1) is 0 Å². The molecule has 0 aliphatic rings. The van der Waals surface area contributed by atoms with Crippen molar-refractivity contribution in [1.82, 2.24) is 0 Å². The smallest absolute Gasteiger partial charge is 0.462 e. The molecule has 0 radical (unpaired) electrons. The molecule has 0 rings (SSSR count). The number of quaternary nitrogens is 1. The first kappa shape index (κ1) is 52.5. The zero-order valence-electron chi connectivity index (χ0n) is 35.7. The predicted molar refractivity (Wildman–Crippen MR) is 224 cm³/mol. The fourth-order valence-electron chi connectivity index (χ4n) is 5.94. The van der Waals surface area contributed by atoms with Crippen LogP contribution in [-0.2, 0) is 32.7 Å². The van der Waals surface area contributed by atoms with E-state index in [0.29, 0.717) is 23.9 Å². The molecule has 0 aromatic rings. The van der Waals surface area contributed by atoms with E-state index < -0.39 is 32.5 Å². The van der Waals surface area contributed by atoms with Gasteiger partial charge in [0, 0.05) is 12.8 Å². The largest absolute Gasteiger partial charge is 0.472 e. The molecule has 1 N–H and O–H groups in total. The highest BCUT2D eigenvalue weighted by Gasteiger charge is 2.27. The van der Waals surface area contributed by atoms with Crippen LogP contribution in [0.25, 0.3) is 0 Å². The number of phosphoric ester groups is 1. The van der Waals surface area contributed by atoms with Crippen LogP contribution in [-0.4, -0.2) is 74.9 Å². The molecule has 9 nitrogen and oxygen atoms in total. The first-order valence-corrected chi connectivity index (χ1v) is 23.6.